The summed E-state index contributed by atoms with van der Waals surface area (Å²) in [5.74, 6) is -1.12. The zero-order chi connectivity index (χ0) is 16.8. The van der Waals surface area contributed by atoms with Gasteiger partial charge in [-0.05, 0) is 36.1 Å². The Labute approximate surface area is 147 Å². The molecule has 4 nitrogen and oxygen atoms in total. The van der Waals surface area contributed by atoms with Gasteiger partial charge in [-0.25, -0.2) is 4.79 Å². The van der Waals surface area contributed by atoms with Gasteiger partial charge in [-0.2, -0.15) is 0 Å². The highest BCUT2D eigenvalue weighted by Gasteiger charge is 2.12. The van der Waals surface area contributed by atoms with E-state index in [0.29, 0.717) is 15.7 Å². The van der Waals surface area contributed by atoms with E-state index in [1.165, 1.54) is 17.4 Å². The molecule has 23 heavy (non-hydrogen) atoms. The maximum absolute atomic E-state index is 11.8. The van der Waals surface area contributed by atoms with Crippen LogP contribution in [-0.4, -0.2) is 18.5 Å². The fourth-order valence-electron chi connectivity index (χ4n) is 1.67. The van der Waals surface area contributed by atoms with Crippen molar-refractivity contribution >= 4 is 58.2 Å². The van der Waals surface area contributed by atoms with E-state index < -0.39 is 18.5 Å². The molecule has 0 bridgehead atoms. The summed E-state index contributed by atoms with van der Waals surface area (Å²) < 4.78 is 4.86. The van der Waals surface area contributed by atoms with Crippen molar-refractivity contribution in [2.45, 2.75) is 6.92 Å². The number of hydrogen-bond donors (Lipinski definition) is 1. The molecule has 0 atom stereocenters. The molecule has 2 aromatic rings. The van der Waals surface area contributed by atoms with Crippen LogP contribution in [0.3, 0.4) is 0 Å². The number of amides is 1. The lowest BCUT2D eigenvalue weighted by molar-refractivity contribution is -0.142. The number of rotatable bonds is 5. The van der Waals surface area contributed by atoms with Crippen LogP contribution in [0.4, 0.5) is 5.69 Å². The smallest absolute Gasteiger partial charge is 0.331 e. The predicted molar refractivity (Wildman–Crippen MR) is 94.1 cm³/mol. The molecule has 0 unspecified atom stereocenters. The number of nitrogens with one attached hydrogen (secondary N) is 1. The normalized spacial score (nSPS) is 10.7. The van der Waals surface area contributed by atoms with Gasteiger partial charge in [-0.1, -0.05) is 35.3 Å². The highest BCUT2D eigenvalue weighted by molar-refractivity contribution is 7.10. The first kappa shape index (κ1) is 17.5. The van der Waals surface area contributed by atoms with Gasteiger partial charge in [0.25, 0.3) is 5.91 Å². The third kappa shape index (κ3) is 5.10. The van der Waals surface area contributed by atoms with E-state index in [9.17, 15) is 9.59 Å². The molecule has 1 aromatic carbocycles. The second-order valence-corrected chi connectivity index (χ2v) is 6.32. The highest BCUT2D eigenvalue weighted by atomic mass is 35.5. The Kier molecular flexibility index (Phi) is 6.21. The molecule has 1 amide bonds. The Bertz CT molecular complexity index is 742. The topological polar surface area (TPSA) is 55.4 Å². The largest absolute Gasteiger partial charge is 0.452 e. The molecule has 1 N–H and O–H groups in total. The molecule has 0 saturated carbocycles. The Hall–Kier alpha value is -1.82. The van der Waals surface area contributed by atoms with Crippen LogP contribution >= 0.6 is 34.5 Å². The predicted octanol–water partition coefficient (Wildman–Crippen LogP) is 4.56. The second kappa shape index (κ2) is 8.15. The maximum Gasteiger partial charge on any atom is 0.331 e. The van der Waals surface area contributed by atoms with Gasteiger partial charge in [0.1, 0.15) is 0 Å². The van der Waals surface area contributed by atoms with Crippen molar-refractivity contribution in [2.24, 2.45) is 0 Å². The summed E-state index contributed by atoms with van der Waals surface area (Å²) in [5, 5.41) is 5.11. The average Bonchev–Trinajstić information content (AvgIpc) is 3.04. The van der Waals surface area contributed by atoms with Gasteiger partial charge in [0.15, 0.2) is 6.61 Å². The summed E-state index contributed by atoms with van der Waals surface area (Å²) in [6.45, 7) is 1.37. The van der Waals surface area contributed by atoms with Gasteiger partial charge in [0.05, 0.1) is 15.7 Å². The molecule has 0 aliphatic heterocycles. The fraction of sp³-hybridized carbons (Fsp3) is 0.125. The van der Waals surface area contributed by atoms with Gasteiger partial charge in [-0.3, -0.25) is 4.79 Å². The lowest BCUT2D eigenvalue weighted by Gasteiger charge is -2.11. The van der Waals surface area contributed by atoms with Gasteiger partial charge in [0, 0.05) is 11.0 Å². The van der Waals surface area contributed by atoms with Gasteiger partial charge in [-0.15, -0.1) is 11.3 Å². The minimum Gasteiger partial charge on any atom is -0.452 e. The molecule has 7 heteroatoms. The van der Waals surface area contributed by atoms with Crippen LogP contribution in [0.25, 0.3) is 6.08 Å². The van der Waals surface area contributed by atoms with E-state index in [4.69, 9.17) is 27.9 Å². The fourth-order valence-corrected chi connectivity index (χ4v) is 2.75. The number of hydrogen-bond acceptors (Lipinski definition) is 4. The number of carbonyl (C=O) groups is 2. The molecule has 2 rings (SSSR count). The first-order valence-electron chi connectivity index (χ1n) is 6.60. The molecule has 1 aromatic heterocycles. The number of thiophene rings is 1. The van der Waals surface area contributed by atoms with Crippen LogP contribution in [-0.2, 0) is 14.3 Å². The first-order chi connectivity index (χ1) is 11.0. The number of halogens is 2. The summed E-state index contributed by atoms with van der Waals surface area (Å²) in [6, 6.07) is 7.12. The van der Waals surface area contributed by atoms with Crippen molar-refractivity contribution in [3.05, 3.63) is 56.2 Å². The molecule has 120 valence electrons. The molecule has 0 aliphatic rings. The molecule has 0 radical (unpaired) electrons. The van der Waals surface area contributed by atoms with Crippen molar-refractivity contribution in [2.75, 3.05) is 11.9 Å². The minimum atomic E-state index is -0.602. The second-order valence-electron chi connectivity index (χ2n) is 4.56. The number of ether oxygens (including phenoxy) is 1. The first-order valence-corrected chi connectivity index (χ1v) is 8.23. The third-order valence-electron chi connectivity index (χ3n) is 2.82. The molecular weight excluding hydrogens is 357 g/mol. The van der Waals surface area contributed by atoms with Crippen molar-refractivity contribution in [3.63, 3.8) is 0 Å². The van der Waals surface area contributed by atoms with E-state index in [1.807, 2.05) is 17.5 Å². The maximum atomic E-state index is 11.8. The SMILES string of the molecule is Cc1ccc(Cl)c(NC(=O)COC(=O)/C=C/c2cccs2)c1Cl. The van der Waals surface area contributed by atoms with Gasteiger partial charge >= 0.3 is 5.97 Å². The lowest BCUT2D eigenvalue weighted by atomic mass is 10.2. The zero-order valence-corrected chi connectivity index (χ0v) is 14.5. The van der Waals surface area contributed by atoms with E-state index in [-0.39, 0.29) is 0 Å². The number of esters is 1. The Morgan fingerprint density at radius 1 is 1.30 bits per heavy atom. The average molecular weight is 370 g/mol. The minimum absolute atomic E-state index is 0.309. The summed E-state index contributed by atoms with van der Waals surface area (Å²) in [4.78, 5) is 24.3. The van der Waals surface area contributed by atoms with Crippen molar-refractivity contribution in [1.29, 1.82) is 0 Å². The van der Waals surface area contributed by atoms with Crippen LogP contribution < -0.4 is 5.32 Å². The van der Waals surface area contributed by atoms with E-state index in [0.717, 1.165) is 10.4 Å². The van der Waals surface area contributed by atoms with E-state index in [2.05, 4.69) is 5.32 Å². The Morgan fingerprint density at radius 3 is 2.78 bits per heavy atom. The number of aryl methyl sites for hydroxylation is 1. The highest BCUT2D eigenvalue weighted by Crippen LogP contribution is 2.32. The van der Waals surface area contributed by atoms with Gasteiger partial charge in [0.2, 0.25) is 0 Å². The van der Waals surface area contributed by atoms with Crippen LogP contribution in [0.15, 0.2) is 35.7 Å². The Morgan fingerprint density at radius 2 is 2.09 bits per heavy atom. The van der Waals surface area contributed by atoms with E-state index in [1.54, 1.807) is 25.1 Å². The molecule has 0 aliphatic carbocycles. The summed E-state index contributed by atoms with van der Waals surface area (Å²) >= 11 is 13.6. The summed E-state index contributed by atoms with van der Waals surface area (Å²) in [6.07, 6.45) is 2.89. The molecule has 0 saturated heterocycles. The van der Waals surface area contributed by atoms with Gasteiger partial charge < -0.3 is 10.1 Å². The quantitative estimate of drug-likeness (QED) is 0.620. The van der Waals surface area contributed by atoms with Crippen LogP contribution in [0, 0.1) is 6.92 Å². The Balaban J connectivity index is 1.88. The number of carbonyl (C=O) groups excluding carboxylic acids is 2. The molecular formula is C16H13Cl2NO3S. The molecule has 0 fully saturated rings. The standard InChI is InChI=1S/C16H13Cl2NO3S/c1-10-4-6-12(17)16(15(10)18)19-13(20)9-22-14(21)7-5-11-3-2-8-23-11/h2-8H,9H2,1H3,(H,19,20)/b7-5+. The van der Waals surface area contributed by atoms with E-state index >= 15 is 0 Å². The van der Waals surface area contributed by atoms with Crippen molar-refractivity contribution in [1.82, 2.24) is 0 Å². The van der Waals surface area contributed by atoms with Crippen molar-refractivity contribution < 1.29 is 14.3 Å². The van der Waals surface area contributed by atoms with Crippen LogP contribution in [0.5, 0.6) is 0 Å². The summed E-state index contributed by atoms with van der Waals surface area (Å²) in [7, 11) is 0. The monoisotopic (exact) mass is 369 g/mol. The third-order valence-corrected chi connectivity index (χ3v) is 4.46. The summed E-state index contributed by atoms with van der Waals surface area (Å²) in [5.41, 5.74) is 1.09. The van der Waals surface area contributed by atoms with Crippen molar-refractivity contribution in [3.8, 4) is 0 Å². The number of anilines is 1. The number of benzene rings is 1. The molecule has 1 heterocycles. The van der Waals surface area contributed by atoms with Crippen LogP contribution in [0.2, 0.25) is 10.0 Å². The van der Waals surface area contributed by atoms with Crippen LogP contribution in [0.1, 0.15) is 10.4 Å². The zero-order valence-electron chi connectivity index (χ0n) is 12.1. The molecule has 0 spiro atoms. The lowest BCUT2D eigenvalue weighted by Crippen LogP contribution is -2.20.